The molecule has 1 amide bonds. The first kappa shape index (κ1) is 12.5. The fourth-order valence-corrected chi connectivity index (χ4v) is 1.27. The second-order valence-electron chi connectivity index (χ2n) is 3.54. The maximum atomic E-state index is 11.6. The Balaban J connectivity index is 1.97. The van der Waals surface area contributed by atoms with Crippen LogP contribution in [-0.4, -0.2) is 32.3 Å². The van der Waals surface area contributed by atoms with Gasteiger partial charge in [0.1, 0.15) is 5.69 Å². The Morgan fingerprint density at radius 2 is 2.16 bits per heavy atom. The van der Waals surface area contributed by atoms with Gasteiger partial charge in [0, 0.05) is 12.7 Å². The summed E-state index contributed by atoms with van der Waals surface area (Å²) in [6, 6.07) is 2.89. The van der Waals surface area contributed by atoms with Gasteiger partial charge in [-0.2, -0.15) is 0 Å². The second kappa shape index (κ2) is 5.12. The number of carbonyl (C=O) groups is 2. The summed E-state index contributed by atoms with van der Waals surface area (Å²) in [6.07, 6.45) is 1.36. The lowest BCUT2D eigenvalue weighted by atomic mass is 10.2. The van der Waals surface area contributed by atoms with E-state index in [-0.39, 0.29) is 23.8 Å². The molecule has 4 N–H and O–H groups in total. The summed E-state index contributed by atoms with van der Waals surface area (Å²) in [4.78, 5) is 25.9. The fraction of sp³-hybridized carbons (Fsp3) is 0.100. The first-order chi connectivity index (χ1) is 9.08. The molecule has 0 aliphatic rings. The van der Waals surface area contributed by atoms with Crippen LogP contribution in [0.4, 0.5) is 5.82 Å². The predicted octanol–water partition coefficient (Wildman–Crippen LogP) is -0.325. The molecule has 9 heteroatoms. The van der Waals surface area contributed by atoms with Gasteiger partial charge in [-0.3, -0.25) is 4.79 Å². The minimum atomic E-state index is -1.11. The number of aromatic nitrogens is 3. The van der Waals surface area contributed by atoms with Crippen LogP contribution in [0.1, 0.15) is 26.5 Å². The number of nitrogen functional groups attached to an aromatic ring is 1. The smallest absolute Gasteiger partial charge is 0.354 e. The number of nitrogens with two attached hydrogens (primary N) is 1. The summed E-state index contributed by atoms with van der Waals surface area (Å²) in [5.74, 6) is -1.75. The van der Waals surface area contributed by atoms with E-state index in [1.54, 1.807) is 6.07 Å². The maximum absolute atomic E-state index is 11.6. The monoisotopic (exact) mass is 263 g/mol. The standard InChI is InChI=1S/C10H9N5O4/c11-8-7(14-19-15-8)9(16)13-4-5-1-2-6(10(17)18)12-3-5/h1-3H,4H2,(H2,11,15)(H,13,16)(H,17,18). The molecule has 2 aromatic rings. The Labute approximate surface area is 106 Å². The van der Waals surface area contributed by atoms with E-state index in [4.69, 9.17) is 10.8 Å². The van der Waals surface area contributed by atoms with E-state index in [9.17, 15) is 9.59 Å². The Kier molecular flexibility index (Phi) is 3.37. The van der Waals surface area contributed by atoms with Crippen LogP contribution >= 0.6 is 0 Å². The van der Waals surface area contributed by atoms with Crippen molar-refractivity contribution in [1.82, 2.24) is 20.6 Å². The van der Waals surface area contributed by atoms with Gasteiger partial charge < -0.3 is 16.2 Å². The summed E-state index contributed by atoms with van der Waals surface area (Å²) >= 11 is 0. The van der Waals surface area contributed by atoms with Crippen LogP contribution in [-0.2, 0) is 6.54 Å². The molecule has 0 saturated heterocycles. The van der Waals surface area contributed by atoms with Gasteiger partial charge in [-0.05, 0) is 21.9 Å². The van der Waals surface area contributed by atoms with Crippen LogP contribution in [0.15, 0.2) is 23.0 Å². The molecule has 2 aromatic heterocycles. The lowest BCUT2D eigenvalue weighted by molar-refractivity contribution is 0.0690. The van der Waals surface area contributed by atoms with Crippen LogP contribution in [0.25, 0.3) is 0 Å². The lowest BCUT2D eigenvalue weighted by Crippen LogP contribution is -2.24. The Bertz CT molecular complexity index is 607. The Hall–Kier alpha value is -2.97. The SMILES string of the molecule is Nc1nonc1C(=O)NCc1ccc(C(=O)O)nc1. The minimum Gasteiger partial charge on any atom is -0.477 e. The van der Waals surface area contributed by atoms with Gasteiger partial charge in [-0.25, -0.2) is 14.4 Å². The van der Waals surface area contributed by atoms with Crippen molar-refractivity contribution in [3.63, 3.8) is 0 Å². The van der Waals surface area contributed by atoms with E-state index < -0.39 is 11.9 Å². The number of carboxylic acids is 1. The van der Waals surface area contributed by atoms with E-state index >= 15 is 0 Å². The highest BCUT2D eigenvalue weighted by atomic mass is 16.6. The largest absolute Gasteiger partial charge is 0.477 e. The third kappa shape index (κ3) is 2.83. The fourth-order valence-electron chi connectivity index (χ4n) is 1.27. The van der Waals surface area contributed by atoms with Crippen LogP contribution in [0, 0.1) is 0 Å². The van der Waals surface area contributed by atoms with E-state index in [0.717, 1.165) is 0 Å². The normalized spacial score (nSPS) is 10.1. The highest BCUT2D eigenvalue weighted by Crippen LogP contribution is 2.05. The topological polar surface area (TPSA) is 144 Å². The first-order valence-electron chi connectivity index (χ1n) is 5.12. The Morgan fingerprint density at radius 1 is 1.37 bits per heavy atom. The van der Waals surface area contributed by atoms with Gasteiger partial charge >= 0.3 is 5.97 Å². The van der Waals surface area contributed by atoms with Crippen molar-refractivity contribution >= 4 is 17.7 Å². The predicted molar refractivity (Wildman–Crippen MR) is 61.1 cm³/mol. The van der Waals surface area contributed by atoms with Gasteiger partial charge in [0.15, 0.2) is 0 Å². The first-order valence-corrected chi connectivity index (χ1v) is 5.12. The van der Waals surface area contributed by atoms with Gasteiger partial charge in [0.25, 0.3) is 5.91 Å². The average Bonchev–Trinajstić information content (AvgIpc) is 2.83. The van der Waals surface area contributed by atoms with E-state index in [1.165, 1.54) is 12.3 Å². The molecule has 0 bridgehead atoms. The van der Waals surface area contributed by atoms with Crippen molar-refractivity contribution in [3.05, 3.63) is 35.3 Å². The number of pyridine rings is 1. The highest BCUT2D eigenvalue weighted by molar-refractivity contribution is 5.95. The zero-order valence-electron chi connectivity index (χ0n) is 9.53. The van der Waals surface area contributed by atoms with Gasteiger partial charge in [-0.15, -0.1) is 0 Å². The number of hydrogen-bond donors (Lipinski definition) is 3. The van der Waals surface area contributed by atoms with E-state index in [2.05, 4.69) is 25.2 Å². The molecule has 2 rings (SSSR count). The number of nitrogens with one attached hydrogen (secondary N) is 1. The summed E-state index contributed by atoms with van der Waals surface area (Å²) in [6.45, 7) is 0.151. The molecular formula is C10H9N5O4. The van der Waals surface area contributed by atoms with Gasteiger partial charge in [0.05, 0.1) is 0 Å². The summed E-state index contributed by atoms with van der Waals surface area (Å²) in [7, 11) is 0. The summed E-state index contributed by atoms with van der Waals surface area (Å²) in [5.41, 5.74) is 5.82. The highest BCUT2D eigenvalue weighted by Gasteiger charge is 2.15. The average molecular weight is 263 g/mol. The molecule has 0 spiro atoms. The molecule has 9 nitrogen and oxygen atoms in total. The van der Waals surface area contributed by atoms with Crippen molar-refractivity contribution in [3.8, 4) is 0 Å². The zero-order valence-corrected chi connectivity index (χ0v) is 9.53. The number of hydrogen-bond acceptors (Lipinski definition) is 7. The minimum absolute atomic E-state index is 0.0694. The third-order valence-corrected chi connectivity index (χ3v) is 2.23. The number of aromatic carboxylic acids is 1. The number of carboxylic acid groups (broad SMARTS) is 1. The number of rotatable bonds is 4. The number of carbonyl (C=O) groups excluding carboxylic acids is 1. The van der Waals surface area contributed by atoms with E-state index in [0.29, 0.717) is 5.56 Å². The molecule has 2 heterocycles. The quantitative estimate of drug-likeness (QED) is 0.680. The van der Waals surface area contributed by atoms with E-state index in [1.807, 2.05) is 0 Å². The van der Waals surface area contributed by atoms with Crippen LogP contribution < -0.4 is 11.1 Å². The summed E-state index contributed by atoms with van der Waals surface area (Å²) in [5, 5.41) is 17.8. The van der Waals surface area contributed by atoms with Crippen LogP contribution in [0.2, 0.25) is 0 Å². The third-order valence-electron chi connectivity index (χ3n) is 2.23. The molecule has 0 aliphatic carbocycles. The molecule has 0 fully saturated rings. The van der Waals surface area contributed by atoms with Crippen LogP contribution in [0.5, 0.6) is 0 Å². The Morgan fingerprint density at radius 3 is 2.68 bits per heavy atom. The van der Waals surface area contributed by atoms with Crippen molar-refractivity contribution in [1.29, 1.82) is 0 Å². The molecule has 0 saturated carbocycles. The van der Waals surface area contributed by atoms with Crippen LogP contribution in [0.3, 0.4) is 0 Å². The van der Waals surface area contributed by atoms with Crippen molar-refractivity contribution in [2.45, 2.75) is 6.54 Å². The number of nitrogens with zero attached hydrogens (tertiary/aromatic N) is 3. The zero-order chi connectivity index (χ0) is 13.8. The second-order valence-corrected chi connectivity index (χ2v) is 3.54. The number of amides is 1. The van der Waals surface area contributed by atoms with Gasteiger partial charge in [0.2, 0.25) is 11.5 Å². The molecule has 0 aliphatic heterocycles. The maximum Gasteiger partial charge on any atom is 0.354 e. The van der Waals surface area contributed by atoms with Crippen molar-refractivity contribution in [2.75, 3.05) is 5.73 Å². The van der Waals surface area contributed by atoms with Crippen molar-refractivity contribution in [2.24, 2.45) is 0 Å². The number of anilines is 1. The molecule has 19 heavy (non-hydrogen) atoms. The molecule has 0 aromatic carbocycles. The molecule has 0 unspecified atom stereocenters. The van der Waals surface area contributed by atoms with Gasteiger partial charge in [-0.1, -0.05) is 6.07 Å². The molecule has 98 valence electrons. The van der Waals surface area contributed by atoms with Crippen molar-refractivity contribution < 1.29 is 19.3 Å². The summed E-state index contributed by atoms with van der Waals surface area (Å²) < 4.78 is 4.30. The molecular weight excluding hydrogens is 254 g/mol. The molecule has 0 atom stereocenters. The lowest BCUT2D eigenvalue weighted by Gasteiger charge is -2.03. The molecule has 0 radical (unpaired) electrons.